The summed E-state index contributed by atoms with van der Waals surface area (Å²) in [6.45, 7) is 15.3. The van der Waals surface area contributed by atoms with Crippen LogP contribution in [0, 0.1) is 28.1 Å². The van der Waals surface area contributed by atoms with Crippen LogP contribution in [0.2, 0.25) is 5.02 Å². The summed E-state index contributed by atoms with van der Waals surface area (Å²) in [5, 5.41) is 15.4. The number of piperazine rings is 1. The second kappa shape index (κ2) is 20.4. The van der Waals surface area contributed by atoms with Crippen LogP contribution in [0.5, 0.6) is 5.75 Å². The molecule has 0 radical (unpaired) electrons. The summed E-state index contributed by atoms with van der Waals surface area (Å²) in [5.74, 6) is 0.0627. The third kappa shape index (κ3) is 13.6. The summed E-state index contributed by atoms with van der Waals surface area (Å²) < 4.78 is 6.07. The van der Waals surface area contributed by atoms with Crippen molar-refractivity contribution in [2.24, 2.45) is 27.6 Å². The maximum absolute atomic E-state index is 11.5. The van der Waals surface area contributed by atoms with Gasteiger partial charge in [0.25, 0.3) is 0 Å². The number of nitriles is 1. The first kappa shape index (κ1) is 42.6. The number of hydrazone groups is 1. The molecule has 13 nitrogen and oxygen atoms in total. The number of imide groups is 1. The van der Waals surface area contributed by atoms with Crippen LogP contribution in [0.1, 0.15) is 88.3 Å². The molecule has 0 bridgehead atoms. The highest BCUT2D eigenvalue weighted by Crippen LogP contribution is 2.55. The molecule has 1 aromatic carbocycles. The van der Waals surface area contributed by atoms with E-state index in [1.54, 1.807) is 24.4 Å². The fraction of sp³-hybridized carbons (Fsp3) is 0.513. The van der Waals surface area contributed by atoms with E-state index in [1.807, 2.05) is 31.2 Å². The van der Waals surface area contributed by atoms with E-state index in [0.29, 0.717) is 35.4 Å². The van der Waals surface area contributed by atoms with Crippen LogP contribution >= 0.6 is 11.6 Å². The molecule has 1 aliphatic heterocycles. The Balaban J connectivity index is 0.000000350. The third-order valence-corrected chi connectivity index (χ3v) is 9.79. The van der Waals surface area contributed by atoms with Crippen molar-refractivity contribution >= 4 is 42.5 Å². The van der Waals surface area contributed by atoms with Gasteiger partial charge >= 0.3 is 0 Å². The summed E-state index contributed by atoms with van der Waals surface area (Å²) in [5.41, 5.74) is 10.7. The van der Waals surface area contributed by atoms with Gasteiger partial charge in [0, 0.05) is 61.4 Å². The lowest BCUT2D eigenvalue weighted by Gasteiger charge is -2.56. The Labute approximate surface area is 318 Å². The van der Waals surface area contributed by atoms with Crippen molar-refractivity contribution in [2.75, 3.05) is 32.7 Å². The molecule has 0 spiro atoms. The molecule has 1 aliphatic carbocycles. The van der Waals surface area contributed by atoms with Gasteiger partial charge in [0.15, 0.2) is 0 Å². The molecular weight excluding hydrogens is 696 g/mol. The number of aromatic nitrogens is 1. The number of primary amides is 1. The van der Waals surface area contributed by atoms with E-state index in [2.05, 4.69) is 58.3 Å². The van der Waals surface area contributed by atoms with Crippen LogP contribution in [0.15, 0.2) is 53.4 Å². The molecule has 1 aromatic heterocycles. The summed E-state index contributed by atoms with van der Waals surface area (Å²) >= 11 is 6.01. The summed E-state index contributed by atoms with van der Waals surface area (Å²) in [6.07, 6.45) is 11.2. The number of halogens is 1. The van der Waals surface area contributed by atoms with Gasteiger partial charge in [0.05, 0.1) is 28.1 Å². The number of ether oxygens (including phenoxy) is 1. The lowest BCUT2D eigenvalue weighted by molar-refractivity contribution is -0.133. The second-order valence-corrected chi connectivity index (χ2v) is 15.3. The third-order valence-electron chi connectivity index (χ3n) is 9.48. The smallest absolute Gasteiger partial charge is 0.250 e. The molecule has 53 heavy (non-hydrogen) atoms. The van der Waals surface area contributed by atoms with Crippen molar-refractivity contribution in [1.82, 2.24) is 25.5 Å². The molecule has 2 aromatic rings. The number of hydrogen-bond acceptors (Lipinski definition) is 10. The van der Waals surface area contributed by atoms with Crippen molar-refractivity contribution in [1.29, 1.82) is 5.26 Å². The standard InChI is InChI=1S/C24H35N7O4.C15H18ClNO/c1-19(5-8-23(34)27-17-32)14-22(16-28-29-18-33)31-12-10-30(11-13-31)9-3-2-4-21-7-6-20(15-26-21)24(25)35;1-14(2)9-15(3,4)13(14)18-11-6-5-10(8-17)12(16)7-11/h6-7,14-19H,2-5,8-13H2,1H3,(H2,25,35)(H,29,33)(H,27,32,34);5-7,13H,9H2,1-4H3/b22-14+,28-16-;. The number of hydrogen-bond donors (Lipinski definition) is 3. The van der Waals surface area contributed by atoms with Gasteiger partial charge in [-0.1, -0.05) is 52.3 Å². The molecule has 4 amide bonds. The predicted octanol–water partition coefficient (Wildman–Crippen LogP) is 4.84. The lowest BCUT2D eigenvalue weighted by atomic mass is 9.53. The topological polar surface area (TPSA) is 183 Å². The van der Waals surface area contributed by atoms with Crippen molar-refractivity contribution in [3.8, 4) is 11.8 Å². The first-order valence-electron chi connectivity index (χ1n) is 17.9. The molecule has 4 N–H and O–H groups in total. The monoisotopic (exact) mass is 748 g/mol. The van der Waals surface area contributed by atoms with Crippen molar-refractivity contribution in [3.05, 3.63) is 70.1 Å². The number of nitrogens with one attached hydrogen (secondary N) is 2. The Hall–Kier alpha value is -4.80. The quantitative estimate of drug-likeness (QED) is 0.0882. The average Bonchev–Trinajstić information content (AvgIpc) is 3.11. The van der Waals surface area contributed by atoms with E-state index in [9.17, 15) is 19.2 Å². The zero-order chi connectivity index (χ0) is 39.0. The Kier molecular flexibility index (Phi) is 16.4. The van der Waals surface area contributed by atoms with E-state index in [0.717, 1.165) is 75.5 Å². The van der Waals surface area contributed by atoms with E-state index >= 15 is 0 Å². The van der Waals surface area contributed by atoms with Crippen molar-refractivity contribution in [3.63, 3.8) is 0 Å². The first-order valence-corrected chi connectivity index (χ1v) is 18.3. The Morgan fingerprint density at radius 3 is 2.40 bits per heavy atom. The summed E-state index contributed by atoms with van der Waals surface area (Å²) in [4.78, 5) is 52.5. The number of rotatable bonds is 17. The van der Waals surface area contributed by atoms with Crippen LogP contribution in [0.3, 0.4) is 0 Å². The van der Waals surface area contributed by atoms with Crippen LogP contribution in [0.4, 0.5) is 0 Å². The number of amides is 4. The maximum atomic E-state index is 11.5. The number of nitrogens with zero attached hydrogens (tertiary/aromatic N) is 5. The van der Waals surface area contributed by atoms with Gasteiger partial charge in [-0.25, -0.2) is 5.43 Å². The zero-order valence-electron chi connectivity index (χ0n) is 31.4. The highest BCUT2D eigenvalue weighted by molar-refractivity contribution is 6.31. The molecule has 1 atom stereocenters. The molecule has 4 rings (SSSR count). The van der Waals surface area contributed by atoms with Crippen LogP contribution < -0.4 is 21.2 Å². The lowest BCUT2D eigenvalue weighted by Crippen LogP contribution is -2.58. The minimum absolute atomic E-state index is 0.0914. The summed E-state index contributed by atoms with van der Waals surface area (Å²) in [7, 11) is 0. The Morgan fingerprint density at radius 1 is 1.11 bits per heavy atom. The number of carbonyl (C=O) groups is 4. The molecule has 2 aliphatic rings. The van der Waals surface area contributed by atoms with Gasteiger partial charge in [-0.15, -0.1) is 0 Å². The number of aryl methyl sites for hydroxylation is 1. The number of nitrogens with two attached hydrogens (primary N) is 1. The first-order chi connectivity index (χ1) is 25.2. The normalized spacial score (nSPS) is 17.4. The number of allylic oxidation sites excluding steroid dienone is 2. The predicted molar refractivity (Wildman–Crippen MR) is 205 cm³/mol. The van der Waals surface area contributed by atoms with Crippen LogP contribution in [-0.2, 0) is 20.8 Å². The van der Waals surface area contributed by atoms with Gasteiger partial charge in [0.2, 0.25) is 24.6 Å². The maximum Gasteiger partial charge on any atom is 0.250 e. The fourth-order valence-electron chi connectivity index (χ4n) is 7.23. The van der Waals surface area contributed by atoms with E-state index in [1.165, 1.54) is 6.20 Å². The van der Waals surface area contributed by atoms with Crippen molar-refractivity contribution < 1.29 is 23.9 Å². The van der Waals surface area contributed by atoms with Gasteiger partial charge < -0.3 is 15.4 Å². The molecule has 2 heterocycles. The molecular formula is C39H53ClN8O5. The summed E-state index contributed by atoms with van der Waals surface area (Å²) in [6, 6.07) is 10.9. The van der Waals surface area contributed by atoms with E-state index in [-0.39, 0.29) is 35.2 Å². The highest BCUT2D eigenvalue weighted by atomic mass is 35.5. The van der Waals surface area contributed by atoms with Gasteiger partial charge in [0.1, 0.15) is 17.9 Å². The highest BCUT2D eigenvalue weighted by Gasteiger charge is 2.54. The molecule has 2 fully saturated rings. The number of unbranched alkanes of at least 4 members (excludes halogenated alkanes) is 1. The SMILES string of the molecule is CC(/C=C(\C=N/NC=O)N1CCN(CCCCc2ccc(C(N)=O)cn2)CC1)CCC(=O)NC=O.CC1(C)CC(C)(C)C1Oc1ccc(C#N)c(Cl)c1. The average molecular weight is 749 g/mol. The number of carbonyl (C=O) groups excluding carboxylic acids is 4. The number of pyridine rings is 1. The van der Waals surface area contributed by atoms with Crippen LogP contribution in [0.25, 0.3) is 0 Å². The van der Waals surface area contributed by atoms with Gasteiger partial charge in [-0.2, -0.15) is 10.4 Å². The molecule has 286 valence electrons. The van der Waals surface area contributed by atoms with Crippen LogP contribution in [-0.4, -0.2) is 84.5 Å². The molecule has 1 saturated carbocycles. The fourth-order valence-corrected chi connectivity index (χ4v) is 7.44. The molecule has 1 saturated heterocycles. The zero-order valence-corrected chi connectivity index (χ0v) is 32.2. The van der Waals surface area contributed by atoms with Gasteiger partial charge in [-0.3, -0.25) is 34.4 Å². The Bertz CT molecular complexity index is 1630. The van der Waals surface area contributed by atoms with Gasteiger partial charge in [-0.05, 0) is 68.8 Å². The van der Waals surface area contributed by atoms with E-state index < -0.39 is 5.91 Å². The molecule has 14 heteroatoms. The Morgan fingerprint density at radius 2 is 1.83 bits per heavy atom. The minimum atomic E-state index is -0.469. The largest absolute Gasteiger partial charge is 0.489 e. The van der Waals surface area contributed by atoms with Crippen molar-refractivity contribution in [2.45, 2.75) is 79.2 Å². The number of benzene rings is 1. The molecule has 1 unspecified atom stereocenters. The second-order valence-electron chi connectivity index (χ2n) is 14.9. The minimum Gasteiger partial charge on any atom is -0.489 e. The van der Waals surface area contributed by atoms with E-state index in [4.69, 9.17) is 27.3 Å².